The molecule has 9 nitrogen and oxygen atoms in total. The number of anilines is 2. The molecule has 38 heavy (non-hydrogen) atoms. The molecule has 0 spiro atoms. The van der Waals surface area contributed by atoms with Crippen molar-refractivity contribution in [1.82, 2.24) is 9.78 Å². The van der Waals surface area contributed by atoms with E-state index in [0.717, 1.165) is 16.8 Å². The molecule has 2 N–H and O–H groups in total. The van der Waals surface area contributed by atoms with Crippen LogP contribution in [0.1, 0.15) is 44.5 Å². The summed E-state index contributed by atoms with van der Waals surface area (Å²) in [6.45, 7) is 2.37. The van der Waals surface area contributed by atoms with Crippen LogP contribution in [0.5, 0.6) is 11.5 Å². The molecule has 0 aliphatic carbocycles. The predicted octanol–water partition coefficient (Wildman–Crippen LogP) is 4.36. The Kier molecular flexibility index (Phi) is 6.54. The lowest BCUT2D eigenvalue weighted by atomic mass is 10.0. The van der Waals surface area contributed by atoms with E-state index in [1.165, 1.54) is 19.4 Å². The minimum absolute atomic E-state index is 0.158. The predicted molar refractivity (Wildman–Crippen MR) is 142 cm³/mol. The lowest BCUT2D eigenvalue weighted by molar-refractivity contribution is 0.0933. The van der Waals surface area contributed by atoms with E-state index < -0.39 is 5.91 Å². The molecular formula is C29H25N5O4. The molecular weight excluding hydrogens is 482 g/mol. The first kappa shape index (κ1) is 24.6. The van der Waals surface area contributed by atoms with Crippen LogP contribution in [0.2, 0.25) is 0 Å². The van der Waals surface area contributed by atoms with Crippen LogP contribution in [0, 0.1) is 11.3 Å². The molecule has 5 rings (SSSR count). The molecule has 1 atom stereocenters. The first-order chi connectivity index (χ1) is 18.4. The Morgan fingerprint density at radius 3 is 2.47 bits per heavy atom. The van der Waals surface area contributed by atoms with Gasteiger partial charge in [0.2, 0.25) is 0 Å². The highest BCUT2D eigenvalue weighted by Crippen LogP contribution is 2.28. The zero-order valence-corrected chi connectivity index (χ0v) is 20.9. The van der Waals surface area contributed by atoms with Gasteiger partial charge in [-0.2, -0.15) is 10.4 Å². The number of nitriles is 1. The molecule has 1 aromatic heterocycles. The van der Waals surface area contributed by atoms with Crippen molar-refractivity contribution in [3.8, 4) is 17.6 Å². The van der Waals surface area contributed by atoms with E-state index in [-0.39, 0.29) is 34.5 Å². The number of amides is 2. The Hall–Kier alpha value is -5.10. The van der Waals surface area contributed by atoms with Gasteiger partial charge in [-0.3, -0.25) is 14.3 Å². The van der Waals surface area contributed by atoms with Crippen LogP contribution < -0.4 is 15.0 Å². The number of aromatic hydroxyl groups is 1. The first-order valence-electron chi connectivity index (χ1n) is 12.0. The Labute approximate surface area is 219 Å². The zero-order chi connectivity index (χ0) is 26.8. The van der Waals surface area contributed by atoms with Gasteiger partial charge >= 0.3 is 0 Å². The van der Waals surface area contributed by atoms with Gasteiger partial charge in [-0.25, -0.2) is 0 Å². The Morgan fingerprint density at radius 2 is 1.82 bits per heavy atom. The number of nitrogens with zero attached hydrogens (tertiary/aromatic N) is 4. The summed E-state index contributed by atoms with van der Waals surface area (Å²) >= 11 is 0. The lowest BCUT2D eigenvalue weighted by Crippen LogP contribution is -2.47. The SMILES string of the molecule is COc1ccc(NC(=O)c2cnn3c2C(=O)N(c2ccc(Cc4ccc(O)cc4)cc2)[C@@H](C)C3)cc1C#N. The van der Waals surface area contributed by atoms with Gasteiger partial charge in [-0.1, -0.05) is 24.3 Å². The lowest BCUT2D eigenvalue weighted by Gasteiger charge is -2.34. The van der Waals surface area contributed by atoms with E-state index in [0.29, 0.717) is 24.4 Å². The summed E-state index contributed by atoms with van der Waals surface area (Å²) in [5.41, 5.74) is 3.92. The Bertz CT molecular complexity index is 1550. The number of benzene rings is 3. The maximum atomic E-state index is 13.7. The van der Waals surface area contributed by atoms with Crippen LogP contribution in [0.4, 0.5) is 11.4 Å². The summed E-state index contributed by atoms with van der Waals surface area (Å²) in [6.07, 6.45) is 2.09. The minimum atomic E-state index is -0.493. The van der Waals surface area contributed by atoms with Crippen molar-refractivity contribution < 1.29 is 19.4 Å². The average Bonchev–Trinajstić information content (AvgIpc) is 3.35. The van der Waals surface area contributed by atoms with Gasteiger partial charge < -0.3 is 20.1 Å². The normalized spacial score (nSPS) is 14.5. The zero-order valence-electron chi connectivity index (χ0n) is 20.9. The molecule has 0 saturated heterocycles. The van der Waals surface area contributed by atoms with Crippen molar-refractivity contribution >= 4 is 23.2 Å². The fourth-order valence-electron chi connectivity index (χ4n) is 4.63. The monoisotopic (exact) mass is 507 g/mol. The molecule has 190 valence electrons. The molecule has 9 heteroatoms. The van der Waals surface area contributed by atoms with Crippen molar-refractivity contribution in [2.45, 2.75) is 25.9 Å². The molecule has 0 unspecified atom stereocenters. The first-order valence-corrected chi connectivity index (χ1v) is 12.0. The van der Waals surface area contributed by atoms with E-state index in [2.05, 4.69) is 10.4 Å². The van der Waals surface area contributed by atoms with E-state index in [9.17, 15) is 20.0 Å². The molecule has 0 radical (unpaired) electrons. The number of hydrogen-bond acceptors (Lipinski definition) is 6. The number of methoxy groups -OCH3 is 1. The summed E-state index contributed by atoms with van der Waals surface area (Å²) in [6, 6.07) is 21.4. The third-order valence-corrected chi connectivity index (χ3v) is 6.52. The number of phenolic OH excluding ortho intramolecular Hbond substituents is 1. The standard InChI is InChI=1S/C29H25N5O4/c1-18-17-33-27(25(16-31-33)28(36)32-22-7-12-26(38-2)21(14-22)15-30)29(37)34(18)23-8-3-19(4-9-23)13-20-5-10-24(35)11-6-20/h3-12,14,16,18,35H,13,17H2,1-2H3,(H,32,36)/t18-/m0/s1. The van der Waals surface area contributed by atoms with Crippen molar-refractivity contribution in [1.29, 1.82) is 5.26 Å². The maximum absolute atomic E-state index is 13.7. The summed E-state index contributed by atoms with van der Waals surface area (Å²) in [7, 11) is 1.47. The van der Waals surface area contributed by atoms with Gasteiger partial charge in [-0.15, -0.1) is 0 Å². The molecule has 1 aliphatic heterocycles. The second-order valence-electron chi connectivity index (χ2n) is 9.10. The van der Waals surface area contributed by atoms with Crippen LogP contribution in [0.15, 0.2) is 72.9 Å². The molecule has 4 aromatic rings. The topological polar surface area (TPSA) is 120 Å². The highest BCUT2D eigenvalue weighted by molar-refractivity contribution is 6.15. The minimum Gasteiger partial charge on any atom is -0.508 e. The van der Waals surface area contributed by atoms with Crippen LogP contribution in [-0.2, 0) is 13.0 Å². The molecule has 2 heterocycles. The summed E-state index contributed by atoms with van der Waals surface area (Å²) in [5.74, 6) is -0.176. The van der Waals surface area contributed by atoms with Crippen LogP contribution in [0.25, 0.3) is 0 Å². The molecule has 2 amide bonds. The van der Waals surface area contributed by atoms with E-state index in [1.807, 2.05) is 49.4 Å². The smallest absolute Gasteiger partial charge is 0.277 e. The Balaban J connectivity index is 1.37. The van der Waals surface area contributed by atoms with Crippen molar-refractivity contribution in [2.75, 3.05) is 17.3 Å². The number of carbonyl (C=O) groups is 2. The van der Waals surface area contributed by atoms with Gasteiger partial charge in [0, 0.05) is 11.4 Å². The quantitative estimate of drug-likeness (QED) is 0.400. The highest BCUT2D eigenvalue weighted by Gasteiger charge is 2.35. The molecule has 0 fully saturated rings. The number of fused-ring (bicyclic) bond motifs is 1. The fraction of sp³-hybridized carbons (Fsp3) is 0.172. The van der Waals surface area contributed by atoms with Crippen LogP contribution >= 0.6 is 0 Å². The number of carbonyl (C=O) groups excluding carboxylic acids is 2. The molecule has 3 aromatic carbocycles. The largest absolute Gasteiger partial charge is 0.508 e. The number of rotatable bonds is 6. The van der Waals surface area contributed by atoms with Crippen LogP contribution in [0.3, 0.4) is 0 Å². The molecule has 1 aliphatic rings. The second kappa shape index (κ2) is 10.1. The molecule has 0 bridgehead atoms. The van der Waals surface area contributed by atoms with Gasteiger partial charge in [0.25, 0.3) is 11.8 Å². The van der Waals surface area contributed by atoms with Gasteiger partial charge in [0.15, 0.2) is 0 Å². The van der Waals surface area contributed by atoms with E-state index in [4.69, 9.17) is 4.74 Å². The van der Waals surface area contributed by atoms with Crippen molar-refractivity contribution in [2.24, 2.45) is 0 Å². The Morgan fingerprint density at radius 1 is 1.13 bits per heavy atom. The average molecular weight is 508 g/mol. The number of ether oxygens (including phenoxy) is 1. The summed E-state index contributed by atoms with van der Waals surface area (Å²) < 4.78 is 6.72. The number of aromatic nitrogens is 2. The second-order valence-corrected chi connectivity index (χ2v) is 9.10. The third-order valence-electron chi connectivity index (χ3n) is 6.52. The van der Waals surface area contributed by atoms with Gasteiger partial charge in [0.05, 0.1) is 37.0 Å². The highest BCUT2D eigenvalue weighted by atomic mass is 16.5. The number of phenols is 1. The third kappa shape index (κ3) is 4.67. The van der Waals surface area contributed by atoms with Gasteiger partial charge in [-0.05, 0) is 66.9 Å². The summed E-state index contributed by atoms with van der Waals surface area (Å²) in [4.78, 5) is 28.5. The number of hydrogen-bond donors (Lipinski definition) is 2. The van der Waals surface area contributed by atoms with E-state index >= 15 is 0 Å². The maximum Gasteiger partial charge on any atom is 0.277 e. The molecule has 0 saturated carbocycles. The van der Waals surface area contributed by atoms with Crippen molar-refractivity contribution in [3.63, 3.8) is 0 Å². The van der Waals surface area contributed by atoms with Crippen LogP contribution in [-0.4, -0.2) is 39.9 Å². The number of nitrogens with one attached hydrogen (secondary N) is 1. The van der Waals surface area contributed by atoms with Gasteiger partial charge in [0.1, 0.15) is 23.3 Å². The fourth-order valence-corrected chi connectivity index (χ4v) is 4.63. The summed E-state index contributed by atoms with van der Waals surface area (Å²) in [5, 5.41) is 25.9. The van der Waals surface area contributed by atoms with E-state index in [1.54, 1.807) is 33.8 Å². The van der Waals surface area contributed by atoms with Crippen molar-refractivity contribution in [3.05, 3.63) is 101 Å².